The third-order valence-electron chi connectivity index (χ3n) is 5.44. The van der Waals surface area contributed by atoms with Gasteiger partial charge in [-0.25, -0.2) is 0 Å². The molecule has 2 aromatic carbocycles. The Morgan fingerprint density at radius 1 is 1.10 bits per heavy atom. The van der Waals surface area contributed by atoms with Crippen molar-refractivity contribution in [2.24, 2.45) is 0 Å². The number of ether oxygens (including phenoxy) is 2. The van der Waals surface area contributed by atoms with E-state index in [-0.39, 0.29) is 11.9 Å². The van der Waals surface area contributed by atoms with E-state index in [0.717, 1.165) is 18.4 Å². The maximum atomic E-state index is 13.2. The summed E-state index contributed by atoms with van der Waals surface area (Å²) in [5.41, 5.74) is 4.15. The first-order valence-corrected chi connectivity index (χ1v) is 9.72. The second-order valence-corrected chi connectivity index (χ2v) is 7.18. The molecule has 1 amide bonds. The van der Waals surface area contributed by atoms with Gasteiger partial charge in [0.05, 0.1) is 13.2 Å². The van der Waals surface area contributed by atoms with Crippen LogP contribution in [0.2, 0.25) is 0 Å². The third kappa shape index (κ3) is 3.94. The maximum absolute atomic E-state index is 13.2. The fraction of sp³-hybridized carbons (Fsp3) is 0.250. The van der Waals surface area contributed by atoms with Gasteiger partial charge in [-0.3, -0.25) is 9.78 Å². The standard InChI is InChI=1S/C24H24N2O3/c1-26(21-9-7-18-5-3-4-6-20(18)21)24(27)19-8-10-22(28-2)23(15-19)29-16-17-11-13-25-14-12-17/h3-6,8,10-15,21H,7,9,16H2,1-2H3/t21-/m0/s1. The Kier molecular flexibility index (Phi) is 5.47. The lowest BCUT2D eigenvalue weighted by atomic mass is 10.1. The Morgan fingerprint density at radius 2 is 1.90 bits per heavy atom. The van der Waals surface area contributed by atoms with Crippen molar-refractivity contribution in [1.82, 2.24) is 9.88 Å². The van der Waals surface area contributed by atoms with Crippen LogP contribution in [0, 0.1) is 0 Å². The Labute approximate surface area is 170 Å². The minimum absolute atomic E-state index is 0.0249. The van der Waals surface area contributed by atoms with Gasteiger partial charge in [-0.05, 0) is 59.9 Å². The fourth-order valence-electron chi connectivity index (χ4n) is 3.84. The highest BCUT2D eigenvalue weighted by atomic mass is 16.5. The molecule has 1 aliphatic carbocycles. The number of methoxy groups -OCH3 is 1. The number of rotatable bonds is 6. The smallest absolute Gasteiger partial charge is 0.254 e. The Bertz CT molecular complexity index is 1000. The predicted molar refractivity (Wildman–Crippen MR) is 111 cm³/mol. The molecule has 0 radical (unpaired) electrons. The van der Waals surface area contributed by atoms with E-state index in [2.05, 4.69) is 23.2 Å². The minimum Gasteiger partial charge on any atom is -0.493 e. The second-order valence-electron chi connectivity index (χ2n) is 7.18. The zero-order valence-corrected chi connectivity index (χ0v) is 16.7. The Balaban J connectivity index is 1.54. The summed E-state index contributed by atoms with van der Waals surface area (Å²) < 4.78 is 11.4. The van der Waals surface area contributed by atoms with Gasteiger partial charge in [0.25, 0.3) is 5.91 Å². The lowest BCUT2D eigenvalue weighted by molar-refractivity contribution is 0.0730. The summed E-state index contributed by atoms with van der Waals surface area (Å²) in [6.45, 7) is 0.377. The zero-order chi connectivity index (χ0) is 20.2. The first-order valence-electron chi connectivity index (χ1n) is 9.72. The number of carbonyl (C=O) groups excluding carboxylic acids is 1. The quantitative estimate of drug-likeness (QED) is 0.627. The van der Waals surface area contributed by atoms with Gasteiger partial charge < -0.3 is 14.4 Å². The van der Waals surface area contributed by atoms with Gasteiger partial charge in [0.1, 0.15) is 6.61 Å². The van der Waals surface area contributed by atoms with Crippen LogP contribution in [0.3, 0.4) is 0 Å². The number of pyridine rings is 1. The van der Waals surface area contributed by atoms with Crippen LogP contribution in [0.15, 0.2) is 67.0 Å². The van der Waals surface area contributed by atoms with E-state index in [9.17, 15) is 4.79 Å². The molecule has 1 aliphatic rings. The largest absolute Gasteiger partial charge is 0.493 e. The minimum atomic E-state index is -0.0249. The number of fused-ring (bicyclic) bond motifs is 1. The van der Waals surface area contributed by atoms with Crippen LogP contribution in [0.4, 0.5) is 0 Å². The van der Waals surface area contributed by atoms with Crippen LogP contribution in [-0.4, -0.2) is 29.9 Å². The number of benzene rings is 2. The molecule has 5 nitrogen and oxygen atoms in total. The molecular formula is C24H24N2O3. The molecule has 148 valence electrons. The molecule has 0 bridgehead atoms. The molecule has 0 unspecified atom stereocenters. The number of amides is 1. The van der Waals surface area contributed by atoms with E-state index in [1.165, 1.54) is 11.1 Å². The maximum Gasteiger partial charge on any atom is 0.254 e. The van der Waals surface area contributed by atoms with Crippen molar-refractivity contribution in [3.63, 3.8) is 0 Å². The Hall–Kier alpha value is -3.34. The number of carbonyl (C=O) groups is 1. The fourth-order valence-corrected chi connectivity index (χ4v) is 3.84. The molecule has 0 fully saturated rings. The summed E-state index contributed by atoms with van der Waals surface area (Å²) in [5.74, 6) is 1.13. The highest BCUT2D eigenvalue weighted by Crippen LogP contribution is 2.36. The zero-order valence-electron chi connectivity index (χ0n) is 16.7. The average Bonchev–Trinajstić information content (AvgIpc) is 3.21. The van der Waals surface area contributed by atoms with E-state index in [0.29, 0.717) is 23.7 Å². The van der Waals surface area contributed by atoms with Gasteiger partial charge in [-0.2, -0.15) is 0 Å². The summed E-state index contributed by atoms with van der Waals surface area (Å²) in [7, 11) is 3.47. The summed E-state index contributed by atoms with van der Waals surface area (Å²) >= 11 is 0. The predicted octanol–water partition coefficient (Wildman–Crippen LogP) is 4.43. The van der Waals surface area contributed by atoms with Crippen molar-refractivity contribution in [3.8, 4) is 11.5 Å². The van der Waals surface area contributed by atoms with Gasteiger partial charge in [0, 0.05) is 25.0 Å². The van der Waals surface area contributed by atoms with Gasteiger partial charge >= 0.3 is 0 Å². The van der Waals surface area contributed by atoms with E-state index in [1.807, 2.05) is 30.1 Å². The molecule has 5 heteroatoms. The first kappa shape index (κ1) is 19.0. The Morgan fingerprint density at radius 3 is 2.69 bits per heavy atom. The van der Waals surface area contributed by atoms with Crippen molar-refractivity contribution in [3.05, 3.63) is 89.2 Å². The van der Waals surface area contributed by atoms with Crippen LogP contribution >= 0.6 is 0 Å². The van der Waals surface area contributed by atoms with Crippen molar-refractivity contribution in [1.29, 1.82) is 0 Å². The highest BCUT2D eigenvalue weighted by molar-refractivity contribution is 5.95. The van der Waals surface area contributed by atoms with Gasteiger partial charge in [0.15, 0.2) is 11.5 Å². The molecule has 0 spiro atoms. The monoisotopic (exact) mass is 388 g/mol. The van der Waals surface area contributed by atoms with E-state index < -0.39 is 0 Å². The molecule has 0 saturated carbocycles. The molecular weight excluding hydrogens is 364 g/mol. The van der Waals surface area contributed by atoms with Crippen LogP contribution in [0.25, 0.3) is 0 Å². The van der Waals surface area contributed by atoms with Crippen LogP contribution in [-0.2, 0) is 13.0 Å². The van der Waals surface area contributed by atoms with Crippen molar-refractivity contribution >= 4 is 5.91 Å². The normalized spacial score (nSPS) is 14.9. The van der Waals surface area contributed by atoms with Crippen molar-refractivity contribution < 1.29 is 14.3 Å². The van der Waals surface area contributed by atoms with Crippen LogP contribution < -0.4 is 9.47 Å². The van der Waals surface area contributed by atoms with Gasteiger partial charge in [-0.1, -0.05) is 24.3 Å². The molecule has 1 atom stereocenters. The SMILES string of the molecule is COc1ccc(C(=O)N(C)[C@H]2CCc3ccccc32)cc1OCc1ccncc1. The number of aromatic nitrogens is 1. The molecule has 1 heterocycles. The summed E-state index contributed by atoms with van der Waals surface area (Å²) in [4.78, 5) is 19.0. The number of hydrogen-bond donors (Lipinski definition) is 0. The average molecular weight is 388 g/mol. The van der Waals surface area contributed by atoms with E-state index in [4.69, 9.17) is 9.47 Å². The lowest BCUT2D eigenvalue weighted by Gasteiger charge is -2.26. The molecule has 0 N–H and O–H groups in total. The first-order chi connectivity index (χ1) is 14.2. The highest BCUT2D eigenvalue weighted by Gasteiger charge is 2.29. The van der Waals surface area contributed by atoms with Gasteiger partial charge in [-0.15, -0.1) is 0 Å². The van der Waals surface area contributed by atoms with Crippen LogP contribution in [0.1, 0.15) is 39.5 Å². The summed E-state index contributed by atoms with van der Waals surface area (Å²) in [5, 5.41) is 0. The summed E-state index contributed by atoms with van der Waals surface area (Å²) in [6, 6.07) is 17.6. The number of nitrogens with zero attached hydrogens (tertiary/aromatic N) is 2. The summed E-state index contributed by atoms with van der Waals surface area (Å²) in [6.07, 6.45) is 5.40. The molecule has 1 aromatic heterocycles. The topological polar surface area (TPSA) is 51.7 Å². The van der Waals surface area contributed by atoms with Crippen LogP contribution in [0.5, 0.6) is 11.5 Å². The second kappa shape index (κ2) is 8.35. The van der Waals surface area contributed by atoms with Gasteiger partial charge in [0.2, 0.25) is 0 Å². The molecule has 0 saturated heterocycles. The van der Waals surface area contributed by atoms with E-state index in [1.54, 1.807) is 37.7 Å². The number of hydrogen-bond acceptors (Lipinski definition) is 4. The third-order valence-corrected chi connectivity index (χ3v) is 5.44. The molecule has 29 heavy (non-hydrogen) atoms. The lowest BCUT2D eigenvalue weighted by Crippen LogP contribution is -2.30. The van der Waals surface area contributed by atoms with Crippen molar-refractivity contribution in [2.45, 2.75) is 25.5 Å². The molecule has 0 aliphatic heterocycles. The number of aryl methyl sites for hydroxylation is 1. The molecule has 3 aromatic rings. The molecule has 4 rings (SSSR count). The van der Waals surface area contributed by atoms with Crippen molar-refractivity contribution in [2.75, 3.05) is 14.2 Å². The van der Waals surface area contributed by atoms with E-state index >= 15 is 0 Å².